The molecule has 1 aromatic heterocycles. The topological polar surface area (TPSA) is 76.8 Å². The molecule has 148 valence electrons. The van der Waals surface area contributed by atoms with E-state index in [-0.39, 0.29) is 11.5 Å². The number of Topliss-reactive ketones (excluding diaryl/α,β-unsaturated/α-hetero) is 1. The number of aryl methyl sites for hydroxylation is 1. The monoisotopic (exact) mass is 403 g/mol. The molecule has 1 aromatic carbocycles. The van der Waals surface area contributed by atoms with Gasteiger partial charge in [0.15, 0.2) is 12.4 Å². The minimum absolute atomic E-state index is 0.0301. The number of rotatable bonds is 5. The lowest BCUT2D eigenvalue weighted by Crippen LogP contribution is -2.55. The molecule has 1 unspecified atom stereocenters. The van der Waals surface area contributed by atoms with Gasteiger partial charge >= 0.3 is 5.97 Å². The number of esters is 1. The van der Waals surface area contributed by atoms with Crippen molar-refractivity contribution in [1.82, 2.24) is 4.90 Å². The lowest BCUT2D eigenvalue weighted by atomic mass is 9.74. The summed E-state index contributed by atoms with van der Waals surface area (Å²) in [5.41, 5.74) is -0.549. The summed E-state index contributed by atoms with van der Waals surface area (Å²) in [6.45, 7) is 1.21. The summed E-state index contributed by atoms with van der Waals surface area (Å²) in [5.74, 6) is -0.664. The first kappa shape index (κ1) is 20.1. The van der Waals surface area contributed by atoms with Gasteiger partial charge in [0.05, 0.1) is 0 Å². The van der Waals surface area contributed by atoms with Crippen molar-refractivity contribution < 1.29 is 23.5 Å². The van der Waals surface area contributed by atoms with Crippen LogP contribution in [0, 0.1) is 6.92 Å². The molecule has 0 aliphatic heterocycles. The molecule has 0 radical (unpaired) electrons. The van der Waals surface area contributed by atoms with E-state index >= 15 is 0 Å². The largest absolute Gasteiger partial charge is 0.454 e. The molecule has 3 rings (SSSR count). The van der Waals surface area contributed by atoms with Crippen LogP contribution in [-0.2, 0) is 19.9 Å². The molecule has 0 N–H and O–H groups in total. The van der Waals surface area contributed by atoms with E-state index in [9.17, 15) is 14.4 Å². The number of ketones is 1. The lowest BCUT2D eigenvalue weighted by Gasteiger charge is -2.43. The first-order chi connectivity index (χ1) is 13.4. The second-order valence-corrected chi connectivity index (χ2v) is 7.32. The fourth-order valence-electron chi connectivity index (χ4n) is 3.68. The van der Waals surface area contributed by atoms with E-state index in [0.29, 0.717) is 29.2 Å². The summed E-state index contributed by atoms with van der Waals surface area (Å²) in [7, 11) is 1.56. The van der Waals surface area contributed by atoms with Crippen molar-refractivity contribution in [3.05, 3.63) is 58.5 Å². The molecule has 6 nitrogen and oxygen atoms in total. The highest BCUT2D eigenvalue weighted by Gasteiger charge is 2.48. The molecule has 1 heterocycles. The van der Waals surface area contributed by atoms with E-state index in [1.165, 1.54) is 11.0 Å². The Hall–Kier alpha value is -2.60. The summed E-state index contributed by atoms with van der Waals surface area (Å²) in [4.78, 5) is 39.3. The van der Waals surface area contributed by atoms with Crippen molar-refractivity contribution in [2.24, 2.45) is 0 Å². The Morgan fingerprint density at radius 3 is 2.61 bits per heavy atom. The molecule has 28 heavy (non-hydrogen) atoms. The predicted octanol–water partition coefficient (Wildman–Crippen LogP) is 3.90. The fourth-order valence-corrected chi connectivity index (χ4v) is 3.97. The van der Waals surface area contributed by atoms with E-state index in [1.807, 2.05) is 0 Å². The number of nitrogens with zero attached hydrogens (tertiary/aromatic N) is 1. The minimum Gasteiger partial charge on any atom is -0.454 e. The van der Waals surface area contributed by atoms with Crippen molar-refractivity contribution in [2.75, 3.05) is 13.7 Å². The number of carbonyl (C=O) groups is 3. The summed E-state index contributed by atoms with van der Waals surface area (Å²) < 4.78 is 10.3. The number of benzene rings is 1. The standard InChI is InChI=1S/C21H22ClNO5/c1-14-10-11-17(28-14)20(26)27-13-19(25)23(2)21(12-6-5-9-18(21)24)15-7-3-4-8-16(15)22/h3-4,7-8,10-11H,5-6,9,12-13H2,1-2H3. The zero-order valence-electron chi connectivity index (χ0n) is 15.9. The van der Waals surface area contributed by atoms with Crippen LogP contribution < -0.4 is 0 Å². The van der Waals surface area contributed by atoms with Gasteiger partial charge in [-0.05, 0) is 44.4 Å². The molecular formula is C21H22ClNO5. The molecule has 1 aliphatic rings. The number of halogens is 1. The van der Waals surface area contributed by atoms with Crippen molar-refractivity contribution in [3.8, 4) is 0 Å². The van der Waals surface area contributed by atoms with Crippen LogP contribution in [0.2, 0.25) is 5.02 Å². The van der Waals surface area contributed by atoms with Crippen LogP contribution in [-0.4, -0.2) is 36.2 Å². The lowest BCUT2D eigenvalue weighted by molar-refractivity contribution is -0.150. The third-order valence-electron chi connectivity index (χ3n) is 5.19. The van der Waals surface area contributed by atoms with Crippen molar-refractivity contribution in [3.63, 3.8) is 0 Å². The quantitative estimate of drug-likeness (QED) is 0.707. The number of hydrogen-bond donors (Lipinski definition) is 0. The van der Waals surface area contributed by atoms with Crippen molar-refractivity contribution >= 4 is 29.3 Å². The van der Waals surface area contributed by atoms with Crippen LogP contribution in [0.15, 0.2) is 40.8 Å². The highest BCUT2D eigenvalue weighted by molar-refractivity contribution is 6.31. The molecule has 1 atom stereocenters. The van der Waals surface area contributed by atoms with E-state index in [2.05, 4.69) is 0 Å². The zero-order valence-corrected chi connectivity index (χ0v) is 16.6. The molecule has 1 aliphatic carbocycles. The number of hydrogen-bond acceptors (Lipinski definition) is 5. The first-order valence-electron chi connectivity index (χ1n) is 9.15. The van der Waals surface area contributed by atoms with Crippen LogP contribution >= 0.6 is 11.6 Å². The van der Waals surface area contributed by atoms with Gasteiger partial charge in [0.25, 0.3) is 5.91 Å². The predicted molar refractivity (Wildman–Crippen MR) is 103 cm³/mol. The normalized spacial score (nSPS) is 19.3. The molecule has 0 saturated heterocycles. The Balaban J connectivity index is 1.82. The summed E-state index contributed by atoms with van der Waals surface area (Å²) in [5, 5.41) is 0.431. The summed E-state index contributed by atoms with van der Waals surface area (Å²) >= 11 is 6.38. The van der Waals surface area contributed by atoms with Gasteiger partial charge in [-0.3, -0.25) is 9.59 Å². The Labute approximate surface area is 168 Å². The van der Waals surface area contributed by atoms with Gasteiger partial charge in [0.2, 0.25) is 5.76 Å². The highest BCUT2D eigenvalue weighted by atomic mass is 35.5. The SMILES string of the molecule is Cc1ccc(C(=O)OCC(=O)N(C)C2(c3ccccc3Cl)CCCCC2=O)o1. The molecule has 1 amide bonds. The van der Waals surface area contributed by atoms with Crippen LogP contribution in [0.4, 0.5) is 0 Å². The molecule has 2 aromatic rings. The van der Waals surface area contributed by atoms with Gasteiger partial charge in [-0.1, -0.05) is 29.8 Å². The van der Waals surface area contributed by atoms with Crippen LogP contribution in [0.3, 0.4) is 0 Å². The number of furan rings is 1. The Morgan fingerprint density at radius 1 is 1.21 bits per heavy atom. The third kappa shape index (κ3) is 3.69. The molecule has 0 spiro atoms. The van der Waals surface area contributed by atoms with E-state index in [0.717, 1.165) is 12.8 Å². The second-order valence-electron chi connectivity index (χ2n) is 6.91. The molecule has 1 saturated carbocycles. The second kappa shape index (κ2) is 8.19. The molecule has 7 heteroatoms. The maximum Gasteiger partial charge on any atom is 0.374 e. The molecular weight excluding hydrogens is 382 g/mol. The van der Waals surface area contributed by atoms with Crippen LogP contribution in [0.5, 0.6) is 0 Å². The number of likely N-dealkylation sites (N-methyl/N-ethyl adjacent to an activating group) is 1. The van der Waals surface area contributed by atoms with Gasteiger partial charge in [-0.2, -0.15) is 0 Å². The van der Waals surface area contributed by atoms with Gasteiger partial charge < -0.3 is 14.1 Å². The zero-order chi connectivity index (χ0) is 20.3. The van der Waals surface area contributed by atoms with Gasteiger partial charge in [-0.25, -0.2) is 4.79 Å². The van der Waals surface area contributed by atoms with E-state index in [1.54, 1.807) is 44.3 Å². The van der Waals surface area contributed by atoms with Crippen molar-refractivity contribution in [2.45, 2.75) is 38.1 Å². The Morgan fingerprint density at radius 2 is 1.96 bits per heavy atom. The molecule has 0 bridgehead atoms. The summed E-state index contributed by atoms with van der Waals surface area (Å²) in [6.07, 6.45) is 2.41. The smallest absolute Gasteiger partial charge is 0.374 e. The summed E-state index contributed by atoms with van der Waals surface area (Å²) in [6, 6.07) is 10.2. The number of amides is 1. The fraction of sp³-hybridized carbons (Fsp3) is 0.381. The van der Waals surface area contributed by atoms with Crippen LogP contribution in [0.1, 0.15) is 47.6 Å². The van der Waals surface area contributed by atoms with E-state index < -0.39 is 24.0 Å². The highest BCUT2D eigenvalue weighted by Crippen LogP contribution is 2.42. The first-order valence-corrected chi connectivity index (χ1v) is 9.52. The van der Waals surface area contributed by atoms with Gasteiger partial charge in [0, 0.05) is 24.1 Å². The Bertz CT molecular complexity index is 906. The maximum absolute atomic E-state index is 13.0. The van der Waals surface area contributed by atoms with Crippen LogP contribution in [0.25, 0.3) is 0 Å². The van der Waals surface area contributed by atoms with Gasteiger partial charge in [-0.15, -0.1) is 0 Å². The molecule has 1 fully saturated rings. The average molecular weight is 404 g/mol. The van der Waals surface area contributed by atoms with Gasteiger partial charge in [0.1, 0.15) is 11.3 Å². The number of ether oxygens (including phenoxy) is 1. The third-order valence-corrected chi connectivity index (χ3v) is 5.52. The van der Waals surface area contributed by atoms with E-state index in [4.69, 9.17) is 20.8 Å². The Kier molecular flexibility index (Phi) is 5.89. The number of carbonyl (C=O) groups excluding carboxylic acids is 3. The maximum atomic E-state index is 13.0. The van der Waals surface area contributed by atoms with Crippen molar-refractivity contribution in [1.29, 1.82) is 0 Å². The minimum atomic E-state index is -1.15. The average Bonchev–Trinajstić information content (AvgIpc) is 3.13.